The molecule has 1 aliphatic rings. The van der Waals surface area contributed by atoms with E-state index in [-0.39, 0.29) is 38.0 Å². The zero-order valence-electron chi connectivity index (χ0n) is 51.8. The number of carbonyl (C=O) groups excluding carboxylic acids is 3. The molecule has 1 amide bonds. The molecular formula is C63H89N7O12P2. The number of esters is 2. The van der Waals surface area contributed by atoms with Crippen molar-refractivity contribution in [1.82, 2.24) is 24.7 Å². The van der Waals surface area contributed by atoms with Crippen LogP contribution >= 0.6 is 14.7 Å². The number of pyridine rings is 2. The summed E-state index contributed by atoms with van der Waals surface area (Å²) in [5.74, 6) is 14.1. The van der Waals surface area contributed by atoms with Crippen molar-refractivity contribution in [3.63, 3.8) is 0 Å². The number of nitrogens with zero attached hydrogens (tertiary/aromatic N) is 7. The molecule has 1 aliphatic heterocycles. The smallest absolute Gasteiger partial charge is 0.410 e. The maximum absolute atomic E-state index is 14.1. The Kier molecular flexibility index (Phi) is 27.1. The van der Waals surface area contributed by atoms with Gasteiger partial charge in [-0.25, -0.2) is 14.8 Å². The average Bonchev–Trinajstić information content (AvgIpc) is 3.60. The highest BCUT2D eigenvalue weighted by Crippen LogP contribution is 2.41. The monoisotopic (exact) mass is 1200 g/mol. The Morgan fingerprint density at radius 3 is 1.32 bits per heavy atom. The first kappa shape index (κ1) is 68.4. The van der Waals surface area contributed by atoms with Gasteiger partial charge in [0, 0.05) is 128 Å². The van der Waals surface area contributed by atoms with E-state index in [2.05, 4.69) is 43.3 Å². The maximum atomic E-state index is 14.1. The molecule has 19 nitrogen and oxygen atoms in total. The van der Waals surface area contributed by atoms with E-state index in [1.165, 1.54) is 0 Å². The predicted molar refractivity (Wildman–Crippen MR) is 332 cm³/mol. The van der Waals surface area contributed by atoms with Crippen molar-refractivity contribution in [3.05, 3.63) is 94.3 Å². The Hall–Kier alpha value is -6.43. The van der Waals surface area contributed by atoms with Crippen LogP contribution in [0, 0.1) is 23.7 Å². The summed E-state index contributed by atoms with van der Waals surface area (Å²) in [4.78, 5) is 57.9. The van der Waals surface area contributed by atoms with Gasteiger partial charge in [-0.3, -0.25) is 28.5 Å². The molecule has 3 heterocycles. The molecule has 0 radical (unpaired) electrons. The molecule has 2 unspecified atom stereocenters. The molecule has 21 heteroatoms. The minimum atomic E-state index is -3.38. The van der Waals surface area contributed by atoms with Crippen LogP contribution in [0.5, 0.6) is 11.5 Å². The number of amides is 1. The van der Waals surface area contributed by atoms with E-state index in [0.717, 1.165) is 22.5 Å². The summed E-state index contributed by atoms with van der Waals surface area (Å²) in [5, 5.41) is 0. The molecule has 4 aromatic rings. The molecule has 1 fully saturated rings. The van der Waals surface area contributed by atoms with Crippen molar-refractivity contribution in [2.24, 2.45) is 0 Å². The third-order valence-electron chi connectivity index (χ3n) is 13.4. The van der Waals surface area contributed by atoms with E-state index in [1.54, 1.807) is 58.1 Å². The fraction of sp³-hybridized carbons (Fsp3) is 0.540. The average molecular weight is 1200 g/mol. The predicted octanol–water partition coefficient (Wildman–Crippen LogP) is 9.33. The van der Waals surface area contributed by atoms with Gasteiger partial charge in [-0.1, -0.05) is 23.7 Å². The van der Waals surface area contributed by atoms with Crippen LogP contribution in [0.1, 0.15) is 122 Å². The Morgan fingerprint density at radius 2 is 0.952 bits per heavy atom. The summed E-state index contributed by atoms with van der Waals surface area (Å²) in [6, 6.07) is 18.7. The molecule has 2 aromatic heterocycles. The van der Waals surface area contributed by atoms with E-state index >= 15 is 0 Å². The quantitative estimate of drug-likeness (QED) is 0.0190. The van der Waals surface area contributed by atoms with Gasteiger partial charge in [0.1, 0.15) is 28.0 Å². The topological polar surface area (TPSA) is 192 Å². The largest absolute Gasteiger partial charge is 0.491 e. The third kappa shape index (κ3) is 22.2. The number of carbonyl (C=O) groups is 3. The van der Waals surface area contributed by atoms with Crippen molar-refractivity contribution in [2.75, 3.05) is 129 Å². The van der Waals surface area contributed by atoms with E-state index in [1.807, 2.05) is 97.2 Å². The highest BCUT2D eigenvalue weighted by Gasteiger charge is 2.28. The first-order chi connectivity index (χ1) is 40.0. The fourth-order valence-corrected chi connectivity index (χ4v) is 11.5. The molecule has 0 saturated carbocycles. The summed E-state index contributed by atoms with van der Waals surface area (Å²) in [7, 11) is -2.80. The maximum Gasteiger partial charge on any atom is 0.410 e. The Labute approximate surface area is 499 Å². The van der Waals surface area contributed by atoms with E-state index < -0.39 is 26.4 Å². The van der Waals surface area contributed by atoms with Gasteiger partial charge < -0.3 is 47.4 Å². The first-order valence-corrected chi connectivity index (χ1v) is 33.3. The second-order valence-corrected chi connectivity index (χ2v) is 26.2. The molecule has 458 valence electrons. The van der Waals surface area contributed by atoms with Crippen LogP contribution in [0.15, 0.2) is 60.7 Å². The summed E-state index contributed by atoms with van der Waals surface area (Å²) >= 11 is 0. The number of hydrogen-bond donors (Lipinski definition) is 0. The van der Waals surface area contributed by atoms with Crippen LogP contribution in [0.4, 0.5) is 16.2 Å². The van der Waals surface area contributed by atoms with Gasteiger partial charge in [0.15, 0.2) is 0 Å². The summed E-state index contributed by atoms with van der Waals surface area (Å²) in [5.41, 5.74) is 5.51. The van der Waals surface area contributed by atoms with Crippen LogP contribution in [-0.2, 0) is 55.1 Å². The molecule has 84 heavy (non-hydrogen) atoms. The molecular weight excluding hydrogens is 1110 g/mol. The van der Waals surface area contributed by atoms with Gasteiger partial charge in [0.25, 0.3) is 0 Å². The fourth-order valence-electron chi connectivity index (χ4n) is 8.84. The number of ether oxygens (including phenoxy) is 5. The number of aromatic nitrogens is 2. The third-order valence-corrected chi connectivity index (χ3v) is 17.0. The van der Waals surface area contributed by atoms with E-state index in [4.69, 9.17) is 42.7 Å². The number of hydrogen-bond acceptors (Lipinski definition) is 18. The molecule has 5 rings (SSSR count). The highest BCUT2D eigenvalue weighted by atomic mass is 31.2. The minimum absolute atomic E-state index is 0.228. The SMILES string of the molecule is CCOC(=O)CCCOc1ccc(C#Cc2cc(CN3CCN(Cc4cc(C#Cc5ccc(OCCCC(=O)OCC)c(N(C)CC)c5)cc(P(C)(=O)OCC)n4)CCN(C(=O)OC(C)(C)C)CC3)nc(P(C)(=O)OCC)c2)cc1N(C)CC. The molecule has 0 N–H and O–H groups in total. The van der Waals surface area contributed by atoms with E-state index in [0.29, 0.717) is 150 Å². The minimum Gasteiger partial charge on any atom is -0.491 e. The van der Waals surface area contributed by atoms with Gasteiger partial charge in [-0.15, -0.1) is 0 Å². The molecule has 0 aliphatic carbocycles. The standard InChI is InChI=1S/C63H89N7O12P2/c1-14-66(10)54-42-48(28-30-56(54)78-38-20-22-60(71)76-16-3)24-26-50-40-52(64-58(44-50)83(12,74)80-18-5)46-68-32-33-69(35-37-70(36-34-68)62(73)82-63(7,8)9)47-53-41-51(45-59(65-53)84(13,75)81-19-6)27-25-49-29-31-57(55(43-49)67(11)15-2)79-39-21-23-61(72)77-17-4/h28-31,40-45H,14-23,32-39,46-47H2,1-13H3. The first-order valence-electron chi connectivity index (χ1n) is 29.2. The molecule has 2 atom stereocenters. The van der Waals surface area contributed by atoms with Gasteiger partial charge in [-0.05, 0) is 136 Å². The van der Waals surface area contributed by atoms with Crippen molar-refractivity contribution >= 4 is 55.0 Å². The van der Waals surface area contributed by atoms with E-state index in [9.17, 15) is 23.5 Å². The Bertz CT molecular complexity index is 2890. The molecule has 2 aromatic carbocycles. The lowest BCUT2D eigenvalue weighted by molar-refractivity contribution is -0.144. The van der Waals surface area contributed by atoms with Crippen molar-refractivity contribution < 1.29 is 56.2 Å². The van der Waals surface area contributed by atoms with Gasteiger partial charge in [0.2, 0.25) is 14.7 Å². The lowest BCUT2D eigenvalue weighted by Gasteiger charge is -2.29. The zero-order valence-corrected chi connectivity index (χ0v) is 53.6. The zero-order chi connectivity index (χ0) is 61.5. The highest BCUT2D eigenvalue weighted by molar-refractivity contribution is 7.66. The lowest BCUT2D eigenvalue weighted by Crippen LogP contribution is -2.42. The summed E-state index contributed by atoms with van der Waals surface area (Å²) in [6.45, 7) is 26.6. The van der Waals surface area contributed by atoms with Crippen LogP contribution < -0.4 is 30.1 Å². The van der Waals surface area contributed by atoms with Crippen LogP contribution in [0.2, 0.25) is 0 Å². The Balaban J connectivity index is 1.47. The number of rotatable bonds is 26. The summed E-state index contributed by atoms with van der Waals surface area (Å²) < 4.78 is 68.2. The van der Waals surface area contributed by atoms with Crippen molar-refractivity contribution in [3.8, 4) is 35.2 Å². The summed E-state index contributed by atoms with van der Waals surface area (Å²) in [6.07, 6.45) is 1.14. The molecule has 0 bridgehead atoms. The Morgan fingerprint density at radius 1 is 0.560 bits per heavy atom. The second-order valence-electron chi connectivity index (χ2n) is 21.4. The van der Waals surface area contributed by atoms with Crippen LogP contribution in [-0.4, -0.2) is 168 Å². The van der Waals surface area contributed by atoms with Crippen LogP contribution in [0.3, 0.4) is 0 Å². The molecule has 0 spiro atoms. The van der Waals surface area contributed by atoms with Crippen molar-refractivity contribution in [2.45, 2.75) is 107 Å². The number of anilines is 2. The van der Waals surface area contributed by atoms with Gasteiger partial charge >= 0.3 is 18.0 Å². The van der Waals surface area contributed by atoms with Crippen LogP contribution in [0.25, 0.3) is 0 Å². The van der Waals surface area contributed by atoms with Crippen molar-refractivity contribution in [1.29, 1.82) is 0 Å². The number of benzene rings is 2. The van der Waals surface area contributed by atoms with Gasteiger partial charge in [-0.2, -0.15) is 0 Å². The second kappa shape index (κ2) is 33.3. The normalized spacial score (nSPS) is 14.6. The van der Waals surface area contributed by atoms with Gasteiger partial charge in [0.05, 0.1) is 62.4 Å². The lowest BCUT2D eigenvalue weighted by atomic mass is 10.1. The molecule has 1 saturated heterocycles.